The fourth-order valence-electron chi connectivity index (χ4n) is 3.75. The molecule has 2 amide bonds. The second-order valence-electron chi connectivity index (χ2n) is 8.05. The molecule has 0 radical (unpaired) electrons. The Morgan fingerprint density at radius 3 is 2.14 bits per heavy atom. The van der Waals surface area contributed by atoms with Crippen molar-refractivity contribution in [1.82, 2.24) is 10.2 Å². The molecule has 0 heterocycles. The molecule has 3 aromatic rings. The molecule has 0 unspecified atom stereocenters. The Bertz CT molecular complexity index is 1130. The van der Waals surface area contributed by atoms with Gasteiger partial charge >= 0.3 is 0 Å². The lowest BCUT2D eigenvalue weighted by molar-refractivity contribution is -0.142. The number of amides is 2. The summed E-state index contributed by atoms with van der Waals surface area (Å²) < 4.78 is 16.4. The first-order chi connectivity index (χ1) is 17.4. The summed E-state index contributed by atoms with van der Waals surface area (Å²) in [6, 6.07) is 21.1. The number of likely N-dealkylation sites (N-methyl/N-ethyl adjacent to an activating group) is 1. The lowest BCUT2D eigenvalue weighted by Gasteiger charge is -2.31. The summed E-state index contributed by atoms with van der Waals surface area (Å²) in [6.07, 6.45) is 0.343. The molecule has 0 aliphatic heterocycles. The highest BCUT2D eigenvalue weighted by Gasteiger charge is 2.31. The van der Waals surface area contributed by atoms with Crippen LogP contribution < -0.4 is 19.5 Å². The minimum Gasteiger partial charge on any atom is -0.496 e. The molecule has 7 nitrogen and oxygen atoms in total. The summed E-state index contributed by atoms with van der Waals surface area (Å²) >= 11 is 6.42. The van der Waals surface area contributed by atoms with Crippen molar-refractivity contribution in [3.8, 4) is 17.2 Å². The van der Waals surface area contributed by atoms with E-state index in [-0.39, 0.29) is 25.0 Å². The van der Waals surface area contributed by atoms with Gasteiger partial charge < -0.3 is 24.4 Å². The van der Waals surface area contributed by atoms with Gasteiger partial charge in [0, 0.05) is 42.7 Å². The lowest BCUT2D eigenvalue weighted by Crippen LogP contribution is -2.51. The van der Waals surface area contributed by atoms with Gasteiger partial charge in [-0.2, -0.15) is 0 Å². The molecule has 3 aromatic carbocycles. The third-order valence-corrected chi connectivity index (χ3v) is 5.98. The Morgan fingerprint density at radius 2 is 1.53 bits per heavy atom. The van der Waals surface area contributed by atoms with Crippen molar-refractivity contribution in [2.45, 2.75) is 25.9 Å². The first-order valence-corrected chi connectivity index (χ1v) is 12.0. The molecule has 0 saturated heterocycles. The van der Waals surface area contributed by atoms with E-state index in [9.17, 15) is 9.59 Å². The van der Waals surface area contributed by atoms with Crippen LogP contribution in [-0.2, 0) is 22.6 Å². The number of nitrogens with one attached hydrogen (secondary N) is 1. The van der Waals surface area contributed by atoms with E-state index in [1.807, 2.05) is 55.5 Å². The fraction of sp³-hybridized carbons (Fsp3) is 0.286. The number of nitrogens with zero attached hydrogens (tertiary/aromatic N) is 1. The molecule has 3 rings (SSSR count). The summed E-state index contributed by atoms with van der Waals surface area (Å²) in [5.74, 6) is 0.881. The zero-order chi connectivity index (χ0) is 25.9. The first kappa shape index (κ1) is 26.9. The number of carbonyl (C=O) groups excluding carboxylic acids is 2. The molecule has 1 atom stereocenters. The number of benzene rings is 3. The summed E-state index contributed by atoms with van der Waals surface area (Å²) in [5.41, 5.74) is 1.67. The predicted molar refractivity (Wildman–Crippen MR) is 140 cm³/mol. The number of carbonyl (C=O) groups is 2. The summed E-state index contributed by atoms with van der Waals surface area (Å²) in [4.78, 5) is 28.3. The Hall–Kier alpha value is -3.71. The molecule has 0 aliphatic rings. The van der Waals surface area contributed by atoms with Crippen molar-refractivity contribution >= 4 is 23.4 Å². The largest absolute Gasteiger partial charge is 0.496 e. The van der Waals surface area contributed by atoms with Gasteiger partial charge in [0.25, 0.3) is 5.91 Å². The van der Waals surface area contributed by atoms with Gasteiger partial charge in [-0.05, 0) is 24.1 Å². The number of hydrogen-bond donors (Lipinski definition) is 1. The topological polar surface area (TPSA) is 77.1 Å². The van der Waals surface area contributed by atoms with E-state index in [0.29, 0.717) is 35.2 Å². The molecule has 0 aliphatic carbocycles. The van der Waals surface area contributed by atoms with Crippen LogP contribution in [0.3, 0.4) is 0 Å². The van der Waals surface area contributed by atoms with Crippen LogP contribution >= 0.6 is 11.6 Å². The van der Waals surface area contributed by atoms with Crippen molar-refractivity contribution in [2.75, 3.05) is 27.4 Å². The standard InChI is InChI=1S/C28H31ClN2O5/c1-4-30-28(33)26(14-20-10-6-5-7-11-20)31(18-21-12-8-9-13-25(21)29)27(32)19-36-24-16-22(34-2)15-23(17-24)35-3/h5-13,15-17,26H,4,14,18-19H2,1-3H3,(H,30,33)/t26-/m0/s1. The summed E-state index contributed by atoms with van der Waals surface area (Å²) in [5, 5.41) is 3.38. The second-order valence-corrected chi connectivity index (χ2v) is 8.46. The van der Waals surface area contributed by atoms with Crippen molar-refractivity contribution in [1.29, 1.82) is 0 Å². The average Bonchev–Trinajstić information content (AvgIpc) is 2.90. The summed E-state index contributed by atoms with van der Waals surface area (Å²) in [6.45, 7) is 2.15. The van der Waals surface area contributed by atoms with E-state index in [2.05, 4.69) is 5.32 Å². The van der Waals surface area contributed by atoms with Crippen LogP contribution in [0.5, 0.6) is 17.2 Å². The Kier molecular flexibility index (Phi) is 10.0. The predicted octanol–water partition coefficient (Wildman–Crippen LogP) is 4.51. The monoisotopic (exact) mass is 510 g/mol. The minimum atomic E-state index is -0.764. The average molecular weight is 511 g/mol. The van der Waals surface area contributed by atoms with Crippen LogP contribution in [0.1, 0.15) is 18.1 Å². The number of rotatable bonds is 12. The maximum atomic E-state index is 13.6. The fourth-order valence-corrected chi connectivity index (χ4v) is 3.94. The van der Waals surface area contributed by atoms with Crippen LogP contribution in [0.2, 0.25) is 5.02 Å². The molecule has 0 saturated carbocycles. The van der Waals surface area contributed by atoms with Crippen LogP contribution in [0, 0.1) is 0 Å². The molecular formula is C28H31ClN2O5. The maximum Gasteiger partial charge on any atom is 0.261 e. The molecule has 0 bridgehead atoms. The van der Waals surface area contributed by atoms with Gasteiger partial charge in [-0.1, -0.05) is 60.1 Å². The molecular weight excluding hydrogens is 480 g/mol. The van der Waals surface area contributed by atoms with E-state index in [4.69, 9.17) is 25.8 Å². The molecule has 0 spiro atoms. The highest BCUT2D eigenvalue weighted by atomic mass is 35.5. The molecule has 190 valence electrons. The number of halogens is 1. The highest BCUT2D eigenvalue weighted by molar-refractivity contribution is 6.31. The summed E-state index contributed by atoms with van der Waals surface area (Å²) in [7, 11) is 3.07. The van der Waals surface area contributed by atoms with Crippen molar-refractivity contribution in [3.63, 3.8) is 0 Å². The molecule has 0 aromatic heterocycles. The molecule has 8 heteroatoms. The quantitative estimate of drug-likeness (QED) is 0.388. The minimum absolute atomic E-state index is 0.151. The third kappa shape index (κ3) is 7.39. The molecule has 0 fully saturated rings. The Labute approximate surface area is 216 Å². The van der Waals surface area contributed by atoms with Crippen LogP contribution in [0.15, 0.2) is 72.8 Å². The van der Waals surface area contributed by atoms with Gasteiger partial charge in [-0.15, -0.1) is 0 Å². The van der Waals surface area contributed by atoms with Crippen LogP contribution in [0.25, 0.3) is 0 Å². The van der Waals surface area contributed by atoms with Crippen molar-refractivity contribution in [2.24, 2.45) is 0 Å². The van der Waals surface area contributed by atoms with E-state index in [0.717, 1.165) is 11.1 Å². The highest BCUT2D eigenvalue weighted by Crippen LogP contribution is 2.28. The number of methoxy groups -OCH3 is 2. The zero-order valence-corrected chi connectivity index (χ0v) is 21.5. The first-order valence-electron chi connectivity index (χ1n) is 11.7. The van der Waals surface area contributed by atoms with Crippen LogP contribution in [0.4, 0.5) is 0 Å². The Morgan fingerprint density at radius 1 is 0.917 bits per heavy atom. The third-order valence-electron chi connectivity index (χ3n) is 5.61. The van der Waals surface area contributed by atoms with Gasteiger partial charge in [0.2, 0.25) is 5.91 Å². The number of hydrogen-bond acceptors (Lipinski definition) is 5. The Balaban J connectivity index is 1.91. The van der Waals surface area contributed by atoms with Gasteiger partial charge in [0.05, 0.1) is 14.2 Å². The zero-order valence-electron chi connectivity index (χ0n) is 20.7. The van der Waals surface area contributed by atoms with Gasteiger partial charge in [0.15, 0.2) is 6.61 Å². The normalized spacial score (nSPS) is 11.3. The van der Waals surface area contributed by atoms with Crippen molar-refractivity contribution in [3.05, 3.63) is 88.9 Å². The van der Waals surface area contributed by atoms with Gasteiger partial charge in [-0.25, -0.2) is 0 Å². The molecule has 36 heavy (non-hydrogen) atoms. The van der Waals surface area contributed by atoms with Gasteiger partial charge in [0.1, 0.15) is 23.3 Å². The second kappa shape index (κ2) is 13.4. The smallest absolute Gasteiger partial charge is 0.261 e. The van der Waals surface area contributed by atoms with Crippen LogP contribution in [-0.4, -0.2) is 50.1 Å². The maximum absolute atomic E-state index is 13.6. The number of ether oxygens (including phenoxy) is 3. The van der Waals surface area contributed by atoms with E-state index < -0.39 is 6.04 Å². The lowest BCUT2D eigenvalue weighted by atomic mass is 10.0. The van der Waals surface area contributed by atoms with E-state index in [1.165, 1.54) is 19.1 Å². The van der Waals surface area contributed by atoms with Gasteiger partial charge in [-0.3, -0.25) is 9.59 Å². The van der Waals surface area contributed by atoms with E-state index >= 15 is 0 Å². The van der Waals surface area contributed by atoms with E-state index in [1.54, 1.807) is 24.3 Å². The van der Waals surface area contributed by atoms with Crippen molar-refractivity contribution < 1.29 is 23.8 Å². The SMILES string of the molecule is CCNC(=O)[C@H](Cc1ccccc1)N(Cc1ccccc1Cl)C(=O)COc1cc(OC)cc(OC)c1. The molecule has 1 N–H and O–H groups in total.